The van der Waals surface area contributed by atoms with E-state index in [0.717, 1.165) is 22.3 Å². The van der Waals surface area contributed by atoms with Gasteiger partial charge in [-0.3, -0.25) is 4.79 Å². The summed E-state index contributed by atoms with van der Waals surface area (Å²) >= 11 is 0. The predicted molar refractivity (Wildman–Crippen MR) is 113 cm³/mol. The van der Waals surface area contributed by atoms with Crippen LogP contribution in [0.25, 0.3) is 22.3 Å². The topological polar surface area (TPSA) is 41.1 Å². The Balaban J connectivity index is 0.000000419. The maximum atomic E-state index is 13.1. The Morgan fingerprint density at radius 1 is 0.759 bits per heavy atom. The van der Waals surface area contributed by atoms with Crippen LogP contribution in [0.2, 0.25) is 0 Å². The van der Waals surface area contributed by atoms with Crippen LogP contribution in [0.3, 0.4) is 0 Å². The summed E-state index contributed by atoms with van der Waals surface area (Å²) in [5, 5.41) is 5.82. The summed E-state index contributed by atoms with van der Waals surface area (Å²) in [6, 6.07) is 17.5. The maximum Gasteiger partial charge on any atom is 0.251 e. The molecule has 5 heteroatoms. The molecule has 0 radical (unpaired) electrons. The van der Waals surface area contributed by atoms with Crippen LogP contribution < -0.4 is 10.6 Å². The molecular weight excluding hydrogens is 370 g/mol. The van der Waals surface area contributed by atoms with E-state index in [1.165, 1.54) is 50.2 Å². The molecule has 1 saturated heterocycles. The molecule has 3 aromatic carbocycles. The minimum absolute atomic E-state index is 0.220. The number of hydrogen-bond donors (Lipinski definition) is 2. The smallest absolute Gasteiger partial charge is 0.251 e. The van der Waals surface area contributed by atoms with E-state index in [2.05, 4.69) is 10.6 Å². The first-order valence-corrected chi connectivity index (χ1v) is 9.66. The summed E-state index contributed by atoms with van der Waals surface area (Å²) in [5.41, 5.74) is 3.65. The number of nitrogens with one attached hydrogen (secondary N) is 2. The molecule has 0 aliphatic carbocycles. The minimum Gasteiger partial charge on any atom is -0.355 e. The van der Waals surface area contributed by atoms with Crippen molar-refractivity contribution < 1.29 is 13.6 Å². The number of rotatable bonds is 3. The molecule has 0 bridgehead atoms. The lowest BCUT2D eigenvalue weighted by Gasteiger charge is -2.10. The van der Waals surface area contributed by atoms with Crippen LogP contribution in [-0.4, -0.2) is 26.0 Å². The third-order valence-electron chi connectivity index (χ3n) is 4.73. The summed E-state index contributed by atoms with van der Waals surface area (Å²) in [6.07, 6.45) is 2.78. The van der Waals surface area contributed by atoms with Gasteiger partial charge in [0, 0.05) is 12.6 Å². The van der Waals surface area contributed by atoms with E-state index in [0.29, 0.717) is 5.56 Å². The molecule has 0 saturated carbocycles. The van der Waals surface area contributed by atoms with Gasteiger partial charge in [0.05, 0.1) is 0 Å². The summed E-state index contributed by atoms with van der Waals surface area (Å²) < 4.78 is 26.3. The van der Waals surface area contributed by atoms with Gasteiger partial charge in [0.15, 0.2) is 0 Å². The lowest BCUT2D eigenvalue weighted by atomic mass is 9.96. The third kappa shape index (κ3) is 5.72. The van der Waals surface area contributed by atoms with Gasteiger partial charge in [0.2, 0.25) is 0 Å². The van der Waals surface area contributed by atoms with Crippen molar-refractivity contribution in [2.24, 2.45) is 0 Å². The molecule has 1 aliphatic heterocycles. The van der Waals surface area contributed by atoms with Gasteiger partial charge >= 0.3 is 0 Å². The highest BCUT2D eigenvalue weighted by molar-refractivity contribution is 5.97. The standard InChI is InChI=1S/C20H15F2NO.C4H9N/c1-23-20(24)17-11-15(13-2-6-18(21)7-3-13)10-16(12-17)14-4-8-19(22)9-5-14;1-2-4-5-3-1/h2-12H,1H3,(H,23,24);5H,1-4H2. The molecule has 0 unspecified atom stereocenters. The van der Waals surface area contributed by atoms with Gasteiger partial charge in [-0.15, -0.1) is 0 Å². The molecule has 1 amide bonds. The molecule has 29 heavy (non-hydrogen) atoms. The molecule has 1 heterocycles. The van der Waals surface area contributed by atoms with E-state index in [9.17, 15) is 13.6 Å². The molecule has 0 spiro atoms. The zero-order valence-electron chi connectivity index (χ0n) is 16.3. The second-order valence-electron chi connectivity index (χ2n) is 6.85. The van der Waals surface area contributed by atoms with Crippen LogP contribution in [0.1, 0.15) is 23.2 Å². The van der Waals surface area contributed by atoms with Crippen molar-refractivity contribution in [1.29, 1.82) is 0 Å². The van der Waals surface area contributed by atoms with Gasteiger partial charge in [-0.1, -0.05) is 24.3 Å². The summed E-state index contributed by atoms with van der Waals surface area (Å²) in [7, 11) is 1.56. The zero-order valence-corrected chi connectivity index (χ0v) is 16.3. The van der Waals surface area contributed by atoms with Crippen molar-refractivity contribution in [3.63, 3.8) is 0 Å². The van der Waals surface area contributed by atoms with Gasteiger partial charge in [-0.25, -0.2) is 8.78 Å². The van der Waals surface area contributed by atoms with Crippen molar-refractivity contribution in [1.82, 2.24) is 10.6 Å². The van der Waals surface area contributed by atoms with E-state index < -0.39 is 0 Å². The summed E-state index contributed by atoms with van der Waals surface area (Å²) in [4.78, 5) is 12.1. The van der Waals surface area contributed by atoms with Crippen LogP contribution in [0, 0.1) is 11.6 Å². The third-order valence-corrected chi connectivity index (χ3v) is 4.73. The van der Waals surface area contributed by atoms with Crippen molar-refractivity contribution in [3.05, 3.63) is 83.9 Å². The molecular formula is C24H24F2N2O. The second-order valence-corrected chi connectivity index (χ2v) is 6.85. The number of amides is 1. The Hall–Kier alpha value is -3.05. The maximum absolute atomic E-state index is 13.1. The first-order chi connectivity index (χ1) is 14.1. The predicted octanol–water partition coefficient (Wildman–Crippen LogP) is 5.03. The van der Waals surface area contributed by atoms with Crippen molar-refractivity contribution in [3.8, 4) is 22.3 Å². The Bertz CT molecular complexity index is 878. The van der Waals surface area contributed by atoms with Crippen molar-refractivity contribution in [2.45, 2.75) is 12.8 Å². The number of carbonyl (C=O) groups is 1. The highest BCUT2D eigenvalue weighted by Gasteiger charge is 2.10. The van der Waals surface area contributed by atoms with Gasteiger partial charge in [-0.05, 0) is 90.6 Å². The Morgan fingerprint density at radius 3 is 1.55 bits per heavy atom. The SMILES string of the molecule is C1CCNC1.CNC(=O)c1cc(-c2ccc(F)cc2)cc(-c2ccc(F)cc2)c1. The van der Waals surface area contributed by atoms with E-state index in [4.69, 9.17) is 0 Å². The highest BCUT2D eigenvalue weighted by atomic mass is 19.1. The largest absolute Gasteiger partial charge is 0.355 e. The van der Waals surface area contributed by atoms with Gasteiger partial charge in [0.1, 0.15) is 11.6 Å². The summed E-state index contributed by atoms with van der Waals surface area (Å²) in [5.74, 6) is -0.859. The summed E-state index contributed by atoms with van der Waals surface area (Å²) in [6.45, 7) is 2.50. The van der Waals surface area contributed by atoms with Crippen LogP contribution in [0.15, 0.2) is 66.7 Å². The number of carbonyl (C=O) groups excluding carboxylic acids is 1. The molecule has 3 aromatic rings. The number of benzene rings is 3. The average molecular weight is 394 g/mol. The molecule has 1 aliphatic rings. The highest BCUT2D eigenvalue weighted by Crippen LogP contribution is 2.28. The van der Waals surface area contributed by atoms with Crippen LogP contribution in [0.5, 0.6) is 0 Å². The Morgan fingerprint density at radius 2 is 1.21 bits per heavy atom. The fourth-order valence-corrected chi connectivity index (χ4v) is 3.15. The number of hydrogen-bond acceptors (Lipinski definition) is 2. The molecule has 150 valence electrons. The Kier molecular flexibility index (Phi) is 7.09. The van der Waals surface area contributed by atoms with Crippen molar-refractivity contribution >= 4 is 5.91 Å². The van der Waals surface area contributed by atoms with Crippen LogP contribution in [-0.2, 0) is 0 Å². The molecule has 0 aromatic heterocycles. The fourth-order valence-electron chi connectivity index (χ4n) is 3.15. The van der Waals surface area contributed by atoms with Crippen molar-refractivity contribution in [2.75, 3.05) is 20.1 Å². The quantitative estimate of drug-likeness (QED) is 0.654. The van der Waals surface area contributed by atoms with Gasteiger partial charge in [0.25, 0.3) is 5.91 Å². The molecule has 4 rings (SSSR count). The average Bonchev–Trinajstić information content (AvgIpc) is 3.34. The lowest BCUT2D eigenvalue weighted by molar-refractivity contribution is 0.0963. The first kappa shape index (κ1) is 20.7. The van der Waals surface area contributed by atoms with Crippen LogP contribution in [0.4, 0.5) is 8.78 Å². The normalized spacial score (nSPS) is 12.8. The number of halogens is 2. The van der Waals surface area contributed by atoms with E-state index >= 15 is 0 Å². The Labute approximate surface area is 169 Å². The van der Waals surface area contributed by atoms with E-state index in [1.54, 1.807) is 43.4 Å². The lowest BCUT2D eigenvalue weighted by Crippen LogP contribution is -2.17. The van der Waals surface area contributed by atoms with E-state index in [1.807, 2.05) is 6.07 Å². The van der Waals surface area contributed by atoms with Gasteiger partial charge in [-0.2, -0.15) is 0 Å². The minimum atomic E-state index is -0.319. The second kappa shape index (κ2) is 9.94. The van der Waals surface area contributed by atoms with Gasteiger partial charge < -0.3 is 10.6 Å². The molecule has 0 atom stereocenters. The first-order valence-electron chi connectivity index (χ1n) is 9.66. The van der Waals surface area contributed by atoms with E-state index in [-0.39, 0.29) is 17.5 Å². The van der Waals surface area contributed by atoms with Crippen LogP contribution >= 0.6 is 0 Å². The zero-order chi connectivity index (χ0) is 20.6. The molecule has 3 nitrogen and oxygen atoms in total. The fraction of sp³-hybridized carbons (Fsp3) is 0.208. The molecule has 1 fully saturated rings. The molecule has 2 N–H and O–H groups in total. The monoisotopic (exact) mass is 394 g/mol.